The summed E-state index contributed by atoms with van der Waals surface area (Å²) in [5.74, 6) is -0.508. The van der Waals surface area contributed by atoms with Crippen LogP contribution in [0.5, 0.6) is 0 Å². The second kappa shape index (κ2) is 12.6. The summed E-state index contributed by atoms with van der Waals surface area (Å²) in [6, 6.07) is 34.5. The average Bonchev–Trinajstić information content (AvgIpc) is 3.91. The number of hydrogen-bond acceptors (Lipinski definition) is 7. The molecule has 2 aromatic heterocycles. The first-order valence-electron chi connectivity index (χ1n) is 17.9. The first kappa shape index (κ1) is 32.2. The highest BCUT2D eigenvalue weighted by Crippen LogP contribution is 2.48. The van der Waals surface area contributed by atoms with E-state index in [0.29, 0.717) is 51.7 Å². The minimum Gasteiger partial charge on any atom is -0.471 e. The number of fused-ring (bicyclic) bond motifs is 11. The highest BCUT2D eigenvalue weighted by molar-refractivity contribution is 6.39. The van der Waals surface area contributed by atoms with Crippen LogP contribution >= 0.6 is 0 Å². The number of ether oxygens (including phenoxy) is 4. The fourth-order valence-corrected chi connectivity index (χ4v) is 8.35. The summed E-state index contributed by atoms with van der Waals surface area (Å²) in [5, 5.41) is 2.91. The smallest absolute Gasteiger partial charge is 0.412 e. The number of nitrogens with zero attached hydrogens (tertiary/aromatic N) is 3. The van der Waals surface area contributed by atoms with E-state index in [1.165, 1.54) is 4.90 Å². The Labute approximate surface area is 308 Å². The Kier molecular flexibility index (Phi) is 7.53. The SMILES string of the molecule is C=C1O[C@@H](n2c3ccccc3c3c4c(c5c6ccccc6[nH]c5c32)C(=O)N(COCc2ccccc2)C4=O)C[C@@H]2[C@H]1OC(=O)N2COCc1ccccc1. The first-order valence-corrected chi connectivity index (χ1v) is 17.9. The zero-order chi connectivity index (χ0) is 36.5. The molecule has 3 atom stereocenters. The molecule has 0 radical (unpaired) electrons. The molecule has 0 aliphatic carbocycles. The Morgan fingerprint density at radius 1 is 0.704 bits per heavy atom. The molecule has 54 heavy (non-hydrogen) atoms. The van der Waals surface area contributed by atoms with Gasteiger partial charge in [0.25, 0.3) is 11.8 Å². The van der Waals surface area contributed by atoms with E-state index < -0.39 is 36.3 Å². The van der Waals surface area contributed by atoms with Gasteiger partial charge < -0.3 is 28.5 Å². The minimum absolute atomic E-state index is 0.0284. The van der Waals surface area contributed by atoms with Crippen LogP contribution in [-0.2, 0) is 32.2 Å². The highest BCUT2D eigenvalue weighted by Gasteiger charge is 2.50. The van der Waals surface area contributed by atoms with E-state index in [1.807, 2.05) is 109 Å². The fraction of sp³-hybridized carbons (Fsp3) is 0.186. The van der Waals surface area contributed by atoms with Gasteiger partial charge in [-0.25, -0.2) is 9.69 Å². The largest absolute Gasteiger partial charge is 0.471 e. The summed E-state index contributed by atoms with van der Waals surface area (Å²) in [6.45, 7) is 4.61. The van der Waals surface area contributed by atoms with Crippen molar-refractivity contribution in [3.63, 3.8) is 0 Å². The van der Waals surface area contributed by atoms with E-state index in [1.54, 1.807) is 4.90 Å². The van der Waals surface area contributed by atoms with Gasteiger partial charge in [0, 0.05) is 33.5 Å². The van der Waals surface area contributed by atoms with Crippen molar-refractivity contribution in [2.24, 2.45) is 0 Å². The lowest BCUT2D eigenvalue weighted by Gasteiger charge is -2.36. The zero-order valence-electron chi connectivity index (χ0n) is 29.1. The lowest BCUT2D eigenvalue weighted by atomic mass is 9.96. The summed E-state index contributed by atoms with van der Waals surface area (Å²) >= 11 is 0. The van der Waals surface area contributed by atoms with E-state index >= 15 is 0 Å². The normalized spacial score (nSPS) is 19.7. The molecule has 5 aromatic carbocycles. The van der Waals surface area contributed by atoms with Crippen LogP contribution in [0.2, 0.25) is 0 Å². The van der Waals surface area contributed by atoms with Crippen LogP contribution in [0, 0.1) is 0 Å². The fourth-order valence-electron chi connectivity index (χ4n) is 8.35. The molecule has 2 saturated heterocycles. The molecular weight excluding hydrogens is 684 g/mol. The lowest BCUT2D eigenvalue weighted by molar-refractivity contribution is -0.0488. The van der Waals surface area contributed by atoms with Gasteiger partial charge in [-0.1, -0.05) is 104 Å². The van der Waals surface area contributed by atoms with Gasteiger partial charge in [0.05, 0.1) is 46.9 Å². The standard InChI is InChI=1S/C43H34N4O7/c1-25-40-32(45(43(50)54-40)23-51-21-26-12-4-2-5-13-26)20-33(53-25)47-31-19-11-9-17-29(31)35-37-36(34-28-16-8-10-18-30(28)44-38(34)39(35)47)41(48)46(42(37)49)24-52-22-27-14-6-3-7-15-27/h2-19,32-33,40,44H,1,20-24H2/t32-,33-,40+/m1/s1. The molecule has 11 heteroatoms. The Hall–Kier alpha value is -6.43. The Bertz CT molecular complexity index is 2670. The van der Waals surface area contributed by atoms with E-state index in [4.69, 9.17) is 18.9 Å². The third-order valence-corrected chi connectivity index (χ3v) is 10.7. The van der Waals surface area contributed by atoms with Crippen molar-refractivity contribution in [2.75, 3.05) is 13.5 Å². The molecule has 0 spiro atoms. The Morgan fingerprint density at radius 3 is 2.04 bits per heavy atom. The molecule has 11 nitrogen and oxygen atoms in total. The van der Waals surface area contributed by atoms with Gasteiger partial charge in [0.1, 0.15) is 19.2 Å². The molecule has 3 amide bonds. The van der Waals surface area contributed by atoms with Gasteiger partial charge >= 0.3 is 6.09 Å². The van der Waals surface area contributed by atoms with Crippen molar-refractivity contribution in [3.05, 3.63) is 144 Å². The van der Waals surface area contributed by atoms with Gasteiger partial charge in [-0.2, -0.15) is 0 Å². The number of imide groups is 1. The monoisotopic (exact) mass is 718 g/mol. The van der Waals surface area contributed by atoms with Crippen molar-refractivity contribution in [1.82, 2.24) is 19.4 Å². The maximum absolute atomic E-state index is 14.6. The van der Waals surface area contributed by atoms with Crippen LogP contribution in [0.1, 0.15) is 44.5 Å². The number of para-hydroxylation sites is 2. The summed E-state index contributed by atoms with van der Waals surface area (Å²) in [6.07, 6.45) is -1.48. The van der Waals surface area contributed by atoms with Crippen molar-refractivity contribution < 1.29 is 33.3 Å². The maximum Gasteiger partial charge on any atom is 0.412 e. The number of carbonyl (C=O) groups is 3. The molecule has 1 N–H and O–H groups in total. The topological polar surface area (TPSA) is 115 Å². The van der Waals surface area contributed by atoms with Gasteiger partial charge in [-0.05, 0) is 23.3 Å². The maximum atomic E-state index is 14.6. The van der Waals surface area contributed by atoms with Crippen LogP contribution in [-0.4, -0.2) is 62.9 Å². The van der Waals surface area contributed by atoms with Gasteiger partial charge in [0.15, 0.2) is 12.3 Å². The number of amides is 3. The summed E-state index contributed by atoms with van der Waals surface area (Å²) in [7, 11) is 0. The number of nitrogens with one attached hydrogen (secondary N) is 1. The van der Waals surface area contributed by atoms with Gasteiger partial charge in [0.2, 0.25) is 0 Å². The molecule has 0 unspecified atom stereocenters. The predicted molar refractivity (Wildman–Crippen MR) is 201 cm³/mol. The van der Waals surface area contributed by atoms with Gasteiger partial charge in [-0.15, -0.1) is 0 Å². The number of aromatic nitrogens is 2. The second-order valence-electron chi connectivity index (χ2n) is 13.9. The number of rotatable bonds is 9. The van der Waals surface area contributed by atoms with E-state index in [2.05, 4.69) is 16.1 Å². The molecule has 0 bridgehead atoms. The third kappa shape index (κ3) is 4.93. The number of H-pyrrole nitrogens is 1. The molecule has 2 fully saturated rings. The quantitative estimate of drug-likeness (QED) is 0.151. The number of benzene rings is 5. The molecule has 3 aliphatic rings. The van der Waals surface area contributed by atoms with Crippen molar-refractivity contribution in [3.8, 4) is 0 Å². The molecule has 3 aliphatic heterocycles. The molecule has 0 saturated carbocycles. The highest BCUT2D eigenvalue weighted by atomic mass is 16.6. The van der Waals surface area contributed by atoms with Crippen molar-refractivity contribution in [1.29, 1.82) is 0 Å². The van der Waals surface area contributed by atoms with Crippen LogP contribution in [0.4, 0.5) is 4.79 Å². The number of hydrogen-bond donors (Lipinski definition) is 1. The molecule has 7 aromatic rings. The predicted octanol–water partition coefficient (Wildman–Crippen LogP) is 8.00. The Morgan fingerprint density at radius 2 is 1.31 bits per heavy atom. The molecule has 5 heterocycles. The first-order chi connectivity index (χ1) is 26.5. The van der Waals surface area contributed by atoms with Crippen LogP contribution < -0.4 is 0 Å². The lowest BCUT2D eigenvalue weighted by Crippen LogP contribution is -2.44. The zero-order valence-corrected chi connectivity index (χ0v) is 29.1. The second-order valence-corrected chi connectivity index (χ2v) is 13.9. The Balaban J connectivity index is 1.10. The van der Waals surface area contributed by atoms with Crippen molar-refractivity contribution in [2.45, 2.75) is 38.0 Å². The van der Waals surface area contributed by atoms with Crippen molar-refractivity contribution >= 4 is 61.5 Å². The van der Waals surface area contributed by atoms with Gasteiger partial charge in [-0.3, -0.25) is 14.5 Å². The third-order valence-electron chi connectivity index (χ3n) is 10.7. The number of aromatic amines is 1. The summed E-state index contributed by atoms with van der Waals surface area (Å²) in [5.41, 5.74) is 5.63. The molecule has 268 valence electrons. The molecular formula is C43H34N4O7. The van der Waals surface area contributed by atoms with E-state index in [-0.39, 0.29) is 20.1 Å². The summed E-state index contributed by atoms with van der Waals surface area (Å²) in [4.78, 5) is 48.6. The van der Waals surface area contributed by atoms with Crippen LogP contribution in [0.15, 0.2) is 122 Å². The van der Waals surface area contributed by atoms with Crippen LogP contribution in [0.3, 0.4) is 0 Å². The van der Waals surface area contributed by atoms with Crippen LogP contribution in [0.25, 0.3) is 43.6 Å². The average molecular weight is 719 g/mol. The minimum atomic E-state index is -0.678. The van der Waals surface area contributed by atoms with E-state index in [0.717, 1.165) is 32.9 Å². The molecule has 10 rings (SSSR count). The van der Waals surface area contributed by atoms with E-state index in [9.17, 15) is 14.4 Å². The summed E-state index contributed by atoms with van der Waals surface area (Å²) < 4.78 is 26.4. The number of carbonyl (C=O) groups excluding carboxylic acids is 3.